The average molecular weight is 214 g/mol. The molecule has 0 saturated heterocycles. The Labute approximate surface area is 94.5 Å². The zero-order valence-corrected chi connectivity index (χ0v) is 10.5. The van der Waals surface area contributed by atoms with Gasteiger partial charge in [0.15, 0.2) is 0 Å². The molecule has 15 heavy (non-hydrogen) atoms. The van der Waals surface area contributed by atoms with Gasteiger partial charge in [0.25, 0.3) is 0 Å². The Kier molecular flexibility index (Phi) is 9.89. The normalized spacial score (nSPS) is 13.1. The fourth-order valence-corrected chi connectivity index (χ4v) is 1.56. The van der Waals surface area contributed by atoms with Gasteiger partial charge in [0.2, 0.25) is 0 Å². The van der Waals surface area contributed by atoms with Gasteiger partial charge >= 0.3 is 0 Å². The van der Waals surface area contributed by atoms with Crippen LogP contribution in [0.15, 0.2) is 12.7 Å². The number of nitrogens with one attached hydrogen (secondary N) is 1. The minimum atomic E-state index is 0.668. The summed E-state index contributed by atoms with van der Waals surface area (Å²) < 4.78 is 5.09. The molecule has 0 bridgehead atoms. The van der Waals surface area contributed by atoms with Gasteiger partial charge in [0, 0.05) is 26.7 Å². The molecular weight excluding hydrogens is 188 g/mol. The fraction of sp³-hybridized carbons (Fsp3) is 0.833. The number of ether oxygens (including phenoxy) is 1. The standard InChI is InChI=1S/C12H26N2O/c1-5-7-14(8-9-15-4)11-12(3)10-13-6-2/h5,12-13H,1,6-11H2,2-4H3. The van der Waals surface area contributed by atoms with Gasteiger partial charge in [-0.05, 0) is 19.0 Å². The third-order valence-corrected chi connectivity index (χ3v) is 2.31. The highest BCUT2D eigenvalue weighted by Crippen LogP contribution is 1.99. The maximum absolute atomic E-state index is 5.09. The molecule has 1 atom stereocenters. The highest BCUT2D eigenvalue weighted by molar-refractivity contribution is 4.75. The Bertz CT molecular complexity index is 151. The summed E-state index contributed by atoms with van der Waals surface area (Å²) in [7, 11) is 1.74. The Balaban J connectivity index is 3.75. The van der Waals surface area contributed by atoms with E-state index >= 15 is 0 Å². The molecule has 3 heteroatoms. The first-order valence-corrected chi connectivity index (χ1v) is 5.77. The predicted molar refractivity (Wildman–Crippen MR) is 66.2 cm³/mol. The number of methoxy groups -OCH3 is 1. The van der Waals surface area contributed by atoms with Crippen LogP contribution in [0.5, 0.6) is 0 Å². The van der Waals surface area contributed by atoms with E-state index in [9.17, 15) is 0 Å². The van der Waals surface area contributed by atoms with Crippen molar-refractivity contribution in [2.45, 2.75) is 13.8 Å². The molecule has 0 amide bonds. The van der Waals surface area contributed by atoms with E-state index in [1.807, 2.05) is 6.08 Å². The molecule has 0 spiro atoms. The third kappa shape index (κ3) is 8.60. The molecule has 0 radical (unpaired) electrons. The second kappa shape index (κ2) is 10.1. The van der Waals surface area contributed by atoms with Gasteiger partial charge in [0.1, 0.15) is 0 Å². The Hall–Kier alpha value is -0.380. The lowest BCUT2D eigenvalue weighted by atomic mass is 10.1. The Morgan fingerprint density at radius 1 is 1.53 bits per heavy atom. The summed E-state index contributed by atoms with van der Waals surface area (Å²) in [6.45, 7) is 14.1. The van der Waals surface area contributed by atoms with Gasteiger partial charge in [-0.25, -0.2) is 0 Å². The van der Waals surface area contributed by atoms with Crippen LogP contribution in [0, 0.1) is 5.92 Å². The van der Waals surface area contributed by atoms with E-state index in [4.69, 9.17) is 4.74 Å². The molecule has 0 fully saturated rings. The van der Waals surface area contributed by atoms with Gasteiger partial charge < -0.3 is 10.1 Å². The Morgan fingerprint density at radius 2 is 2.27 bits per heavy atom. The Morgan fingerprint density at radius 3 is 2.80 bits per heavy atom. The summed E-state index contributed by atoms with van der Waals surface area (Å²) in [6, 6.07) is 0. The maximum Gasteiger partial charge on any atom is 0.0589 e. The summed E-state index contributed by atoms with van der Waals surface area (Å²) in [5.74, 6) is 0.668. The zero-order chi connectivity index (χ0) is 11.5. The molecular formula is C12H26N2O. The number of hydrogen-bond donors (Lipinski definition) is 1. The van der Waals surface area contributed by atoms with Crippen LogP contribution in [0.25, 0.3) is 0 Å². The highest BCUT2D eigenvalue weighted by atomic mass is 16.5. The van der Waals surface area contributed by atoms with Crippen molar-refractivity contribution in [1.82, 2.24) is 10.2 Å². The maximum atomic E-state index is 5.09. The first kappa shape index (κ1) is 14.6. The molecule has 3 nitrogen and oxygen atoms in total. The van der Waals surface area contributed by atoms with Crippen molar-refractivity contribution in [3.63, 3.8) is 0 Å². The first-order valence-electron chi connectivity index (χ1n) is 5.77. The van der Waals surface area contributed by atoms with E-state index in [0.717, 1.165) is 39.3 Å². The van der Waals surface area contributed by atoms with Crippen molar-refractivity contribution in [3.8, 4) is 0 Å². The van der Waals surface area contributed by atoms with Crippen LogP contribution in [0.1, 0.15) is 13.8 Å². The summed E-state index contributed by atoms with van der Waals surface area (Å²) in [6.07, 6.45) is 1.95. The highest BCUT2D eigenvalue weighted by Gasteiger charge is 2.08. The van der Waals surface area contributed by atoms with Crippen molar-refractivity contribution >= 4 is 0 Å². The van der Waals surface area contributed by atoms with Crippen LogP contribution in [0.2, 0.25) is 0 Å². The fourth-order valence-electron chi connectivity index (χ4n) is 1.56. The van der Waals surface area contributed by atoms with Crippen molar-refractivity contribution in [1.29, 1.82) is 0 Å². The molecule has 0 aromatic heterocycles. The van der Waals surface area contributed by atoms with Crippen molar-refractivity contribution in [2.24, 2.45) is 5.92 Å². The van der Waals surface area contributed by atoms with E-state index in [1.165, 1.54) is 0 Å². The number of rotatable bonds is 10. The molecule has 0 aliphatic heterocycles. The lowest BCUT2D eigenvalue weighted by Crippen LogP contribution is -2.35. The smallest absolute Gasteiger partial charge is 0.0589 e. The van der Waals surface area contributed by atoms with Gasteiger partial charge in [-0.1, -0.05) is 19.9 Å². The molecule has 1 unspecified atom stereocenters. The van der Waals surface area contributed by atoms with Gasteiger partial charge in [-0.3, -0.25) is 4.90 Å². The third-order valence-electron chi connectivity index (χ3n) is 2.31. The second-order valence-corrected chi connectivity index (χ2v) is 3.95. The minimum Gasteiger partial charge on any atom is -0.383 e. The van der Waals surface area contributed by atoms with E-state index in [1.54, 1.807) is 7.11 Å². The second-order valence-electron chi connectivity index (χ2n) is 3.95. The quantitative estimate of drug-likeness (QED) is 0.556. The van der Waals surface area contributed by atoms with E-state index in [0.29, 0.717) is 5.92 Å². The molecule has 0 rings (SSSR count). The average Bonchev–Trinajstić information content (AvgIpc) is 2.23. The van der Waals surface area contributed by atoms with E-state index in [2.05, 4.69) is 30.6 Å². The van der Waals surface area contributed by atoms with Crippen LogP contribution in [-0.4, -0.2) is 51.3 Å². The molecule has 0 aliphatic carbocycles. The van der Waals surface area contributed by atoms with E-state index in [-0.39, 0.29) is 0 Å². The minimum absolute atomic E-state index is 0.668. The van der Waals surface area contributed by atoms with Crippen molar-refractivity contribution in [3.05, 3.63) is 12.7 Å². The van der Waals surface area contributed by atoms with Crippen LogP contribution < -0.4 is 5.32 Å². The van der Waals surface area contributed by atoms with Gasteiger partial charge in [-0.15, -0.1) is 6.58 Å². The van der Waals surface area contributed by atoms with Crippen LogP contribution in [-0.2, 0) is 4.74 Å². The topological polar surface area (TPSA) is 24.5 Å². The van der Waals surface area contributed by atoms with Crippen LogP contribution in [0.4, 0.5) is 0 Å². The molecule has 0 aromatic rings. The SMILES string of the molecule is C=CCN(CCOC)CC(C)CNCC. The van der Waals surface area contributed by atoms with Crippen molar-refractivity contribution in [2.75, 3.05) is 46.4 Å². The van der Waals surface area contributed by atoms with E-state index < -0.39 is 0 Å². The first-order chi connectivity index (χ1) is 7.24. The molecule has 0 saturated carbocycles. The summed E-state index contributed by atoms with van der Waals surface area (Å²) in [5.41, 5.74) is 0. The van der Waals surface area contributed by atoms with Crippen molar-refractivity contribution < 1.29 is 4.74 Å². The number of hydrogen-bond acceptors (Lipinski definition) is 3. The number of nitrogens with zero attached hydrogens (tertiary/aromatic N) is 1. The summed E-state index contributed by atoms with van der Waals surface area (Å²) in [4.78, 5) is 2.37. The monoisotopic (exact) mass is 214 g/mol. The molecule has 0 heterocycles. The molecule has 0 aliphatic rings. The van der Waals surface area contributed by atoms with Gasteiger partial charge in [-0.2, -0.15) is 0 Å². The zero-order valence-electron chi connectivity index (χ0n) is 10.5. The molecule has 1 N–H and O–H groups in total. The summed E-state index contributed by atoms with van der Waals surface area (Å²) >= 11 is 0. The molecule has 0 aromatic carbocycles. The predicted octanol–water partition coefficient (Wildman–Crippen LogP) is 1.37. The van der Waals surface area contributed by atoms with Crippen LogP contribution >= 0.6 is 0 Å². The van der Waals surface area contributed by atoms with Gasteiger partial charge in [0.05, 0.1) is 6.61 Å². The largest absolute Gasteiger partial charge is 0.383 e. The lowest BCUT2D eigenvalue weighted by Gasteiger charge is -2.24. The summed E-state index contributed by atoms with van der Waals surface area (Å²) in [5, 5.41) is 3.37. The van der Waals surface area contributed by atoms with Crippen LogP contribution in [0.3, 0.4) is 0 Å². The lowest BCUT2D eigenvalue weighted by molar-refractivity contribution is 0.145. The molecule has 90 valence electrons.